The van der Waals surface area contributed by atoms with Crippen molar-refractivity contribution in [3.05, 3.63) is 47.1 Å². The van der Waals surface area contributed by atoms with Gasteiger partial charge in [-0.2, -0.15) is 0 Å². The van der Waals surface area contributed by atoms with Crippen molar-refractivity contribution >= 4 is 51.5 Å². The van der Waals surface area contributed by atoms with E-state index >= 15 is 0 Å². The number of anilines is 2. The Bertz CT molecular complexity index is 1440. The number of amides is 1. The lowest BCUT2D eigenvalue weighted by atomic mass is 10.0. The zero-order valence-corrected chi connectivity index (χ0v) is 25.5. The molecule has 4 heterocycles. The van der Waals surface area contributed by atoms with E-state index in [1.807, 2.05) is 12.1 Å². The van der Waals surface area contributed by atoms with Gasteiger partial charge in [-0.15, -0.1) is 0 Å². The third-order valence-corrected chi connectivity index (χ3v) is 8.46. The number of fused-ring (bicyclic) bond motifs is 1. The van der Waals surface area contributed by atoms with Crippen LogP contribution < -0.4 is 25.4 Å². The van der Waals surface area contributed by atoms with E-state index in [-0.39, 0.29) is 24.0 Å². The molecule has 0 aliphatic carbocycles. The maximum absolute atomic E-state index is 12.0. The molecule has 2 aliphatic rings. The molecule has 2 aliphatic heterocycles. The van der Waals surface area contributed by atoms with Crippen LogP contribution in [-0.4, -0.2) is 86.5 Å². The van der Waals surface area contributed by atoms with Gasteiger partial charge < -0.3 is 35.1 Å². The lowest BCUT2D eigenvalue weighted by molar-refractivity contribution is -0.117. The molecule has 42 heavy (non-hydrogen) atoms. The van der Waals surface area contributed by atoms with Crippen molar-refractivity contribution in [3.63, 3.8) is 0 Å². The number of ether oxygens (including phenoxy) is 3. The Balaban J connectivity index is 1.57. The number of hydrogen-bond acceptors (Lipinski definition) is 9. The highest BCUT2D eigenvalue weighted by Crippen LogP contribution is 2.46. The van der Waals surface area contributed by atoms with Crippen molar-refractivity contribution in [2.45, 2.75) is 37.4 Å². The van der Waals surface area contributed by atoms with Gasteiger partial charge in [-0.3, -0.25) is 4.79 Å². The fourth-order valence-corrected chi connectivity index (χ4v) is 6.23. The standard InChI is InChI=1S/C30H36Cl2N6O4/c1-5-26(39)36-20-8-10-42-16-22(20)35-25-12-19-17(14-33-25)11-21(37-30(19)34-18-7-6-9-38(2)15-18)27-28(31)23(40-3)13-24(41-4)29(27)32/h5,11-14,18,20,22H,1,6-10,15-16H2,2-4H3,(H,33,35)(H,34,37)(H,36,39)/t18?,20-,22+/m0/s1. The van der Waals surface area contributed by atoms with Crippen LogP contribution in [0, 0.1) is 0 Å². The van der Waals surface area contributed by atoms with E-state index in [2.05, 4.69) is 34.5 Å². The van der Waals surface area contributed by atoms with Gasteiger partial charge in [-0.1, -0.05) is 29.8 Å². The van der Waals surface area contributed by atoms with Crippen LogP contribution in [0.4, 0.5) is 11.6 Å². The van der Waals surface area contributed by atoms with Crippen molar-refractivity contribution in [1.29, 1.82) is 0 Å². The Hall–Kier alpha value is -3.31. The van der Waals surface area contributed by atoms with Crippen LogP contribution in [0.15, 0.2) is 37.1 Å². The number of likely N-dealkylation sites (N-methyl/N-ethyl adjacent to an activating group) is 1. The number of piperidine rings is 1. The van der Waals surface area contributed by atoms with Gasteiger partial charge in [-0.25, -0.2) is 9.97 Å². The summed E-state index contributed by atoms with van der Waals surface area (Å²) in [6.07, 6.45) is 5.86. The molecule has 2 saturated heterocycles. The largest absolute Gasteiger partial charge is 0.495 e. The molecule has 12 heteroatoms. The van der Waals surface area contributed by atoms with Crippen molar-refractivity contribution in [2.24, 2.45) is 0 Å². The third kappa shape index (κ3) is 6.52. The predicted octanol–water partition coefficient (Wildman–Crippen LogP) is 5.00. The van der Waals surface area contributed by atoms with Crippen LogP contribution in [0.5, 0.6) is 11.5 Å². The quantitative estimate of drug-likeness (QED) is 0.287. The molecule has 3 atom stereocenters. The lowest BCUT2D eigenvalue weighted by Gasteiger charge is -2.33. The number of rotatable bonds is 9. The minimum atomic E-state index is -0.215. The van der Waals surface area contributed by atoms with Crippen molar-refractivity contribution in [3.8, 4) is 22.8 Å². The van der Waals surface area contributed by atoms with Gasteiger partial charge in [0.2, 0.25) is 5.91 Å². The molecule has 3 aromatic rings. The number of likely N-dealkylation sites (tertiary alicyclic amines) is 1. The lowest BCUT2D eigenvalue weighted by Crippen LogP contribution is -2.52. The highest BCUT2D eigenvalue weighted by Gasteiger charge is 2.28. The van der Waals surface area contributed by atoms with E-state index in [4.69, 9.17) is 47.4 Å². The minimum Gasteiger partial charge on any atom is -0.495 e. The SMILES string of the molecule is C=CC(=O)N[C@H]1CCOC[C@H]1Nc1cc2c(NC3CCCN(C)C3)nc(-c3c(Cl)c(OC)cc(OC)c3Cl)cc2cn1. The summed E-state index contributed by atoms with van der Waals surface area (Å²) in [6.45, 7) is 6.53. The molecule has 2 aromatic heterocycles. The van der Waals surface area contributed by atoms with Crippen LogP contribution in [0.2, 0.25) is 10.0 Å². The highest BCUT2D eigenvalue weighted by atomic mass is 35.5. The van der Waals surface area contributed by atoms with Crippen LogP contribution in [0.1, 0.15) is 19.3 Å². The number of pyridine rings is 2. The molecule has 3 N–H and O–H groups in total. The van der Waals surface area contributed by atoms with Gasteiger partial charge in [0.05, 0.1) is 48.6 Å². The second-order valence-electron chi connectivity index (χ2n) is 10.6. The maximum atomic E-state index is 12.0. The number of aromatic nitrogens is 2. The number of nitrogens with one attached hydrogen (secondary N) is 3. The summed E-state index contributed by atoms with van der Waals surface area (Å²) < 4.78 is 16.7. The first kappa shape index (κ1) is 30.2. The maximum Gasteiger partial charge on any atom is 0.243 e. The molecular weight excluding hydrogens is 579 g/mol. The predicted molar refractivity (Wildman–Crippen MR) is 167 cm³/mol. The van der Waals surface area contributed by atoms with Crippen molar-refractivity contribution < 1.29 is 19.0 Å². The van der Waals surface area contributed by atoms with Crippen molar-refractivity contribution in [2.75, 3.05) is 58.2 Å². The molecule has 1 unspecified atom stereocenters. The average molecular weight is 616 g/mol. The summed E-state index contributed by atoms with van der Waals surface area (Å²) in [6, 6.07) is 5.46. The molecule has 0 bridgehead atoms. The molecule has 224 valence electrons. The molecular formula is C30H36Cl2N6O4. The van der Waals surface area contributed by atoms with E-state index < -0.39 is 0 Å². The first-order chi connectivity index (χ1) is 20.3. The van der Waals surface area contributed by atoms with E-state index in [1.165, 1.54) is 6.08 Å². The molecule has 0 spiro atoms. The van der Waals surface area contributed by atoms with Crippen molar-refractivity contribution in [1.82, 2.24) is 20.2 Å². The first-order valence-corrected chi connectivity index (χ1v) is 14.7. The number of methoxy groups -OCH3 is 2. The molecule has 10 nitrogen and oxygen atoms in total. The number of nitrogens with zero attached hydrogens (tertiary/aromatic N) is 3. The molecule has 1 amide bonds. The second-order valence-corrected chi connectivity index (χ2v) is 11.4. The molecule has 1 aromatic carbocycles. The van der Waals surface area contributed by atoms with Gasteiger partial charge in [0.1, 0.15) is 23.1 Å². The van der Waals surface area contributed by atoms with Crippen LogP contribution >= 0.6 is 23.2 Å². The zero-order valence-electron chi connectivity index (χ0n) is 24.0. The fourth-order valence-electron chi connectivity index (χ4n) is 5.54. The Morgan fingerprint density at radius 3 is 2.57 bits per heavy atom. The topological polar surface area (TPSA) is 110 Å². The first-order valence-electron chi connectivity index (χ1n) is 13.9. The Labute approximate surface area is 255 Å². The summed E-state index contributed by atoms with van der Waals surface area (Å²) in [7, 11) is 5.21. The van der Waals surface area contributed by atoms with Gasteiger partial charge in [0, 0.05) is 47.8 Å². The summed E-state index contributed by atoms with van der Waals surface area (Å²) >= 11 is 13.6. The minimum absolute atomic E-state index is 0.120. The second kappa shape index (κ2) is 13.3. The molecule has 0 radical (unpaired) electrons. The number of carbonyl (C=O) groups excluding carboxylic acids is 1. The monoisotopic (exact) mass is 614 g/mol. The van der Waals surface area contributed by atoms with Gasteiger partial charge >= 0.3 is 0 Å². The van der Waals surface area contributed by atoms with Crippen LogP contribution in [0.3, 0.4) is 0 Å². The molecule has 5 rings (SSSR count). The Kier molecular flexibility index (Phi) is 9.57. The van der Waals surface area contributed by atoms with Gasteiger partial charge in [-0.05, 0) is 51.1 Å². The van der Waals surface area contributed by atoms with Gasteiger partial charge in [0.25, 0.3) is 0 Å². The van der Waals surface area contributed by atoms with Crippen LogP contribution in [0.25, 0.3) is 22.0 Å². The number of carbonyl (C=O) groups is 1. The highest BCUT2D eigenvalue weighted by molar-refractivity contribution is 6.41. The number of hydrogen-bond donors (Lipinski definition) is 3. The summed E-state index contributed by atoms with van der Waals surface area (Å²) in [5.74, 6) is 1.99. The van der Waals surface area contributed by atoms with Crippen LogP contribution in [-0.2, 0) is 9.53 Å². The zero-order chi connectivity index (χ0) is 29.8. The summed E-state index contributed by atoms with van der Waals surface area (Å²) in [5, 5.41) is 12.6. The fraction of sp³-hybridized carbons (Fsp3) is 0.433. The third-order valence-electron chi connectivity index (χ3n) is 7.71. The summed E-state index contributed by atoms with van der Waals surface area (Å²) in [5.41, 5.74) is 1.08. The Morgan fingerprint density at radius 2 is 1.88 bits per heavy atom. The van der Waals surface area contributed by atoms with E-state index in [1.54, 1.807) is 26.5 Å². The van der Waals surface area contributed by atoms with Gasteiger partial charge in [0.15, 0.2) is 0 Å². The van der Waals surface area contributed by atoms with E-state index in [9.17, 15) is 4.79 Å². The molecule has 2 fully saturated rings. The smallest absolute Gasteiger partial charge is 0.243 e. The van der Waals surface area contributed by atoms with E-state index in [0.717, 1.165) is 36.7 Å². The van der Waals surface area contributed by atoms with E-state index in [0.29, 0.717) is 64.1 Å². The number of benzene rings is 1. The summed E-state index contributed by atoms with van der Waals surface area (Å²) in [4.78, 5) is 24.1. The number of halogens is 2. The average Bonchev–Trinajstić information content (AvgIpc) is 2.98. The normalized spacial score (nSPS) is 21.0. The Morgan fingerprint density at radius 1 is 1.12 bits per heavy atom. The molecule has 0 saturated carbocycles.